The fraction of sp³-hybridized carbons (Fsp3) is 0.0370. The Morgan fingerprint density at radius 1 is 0.857 bits per heavy atom. The number of nitrogens with zero attached hydrogens (tertiary/aromatic N) is 1. The predicted octanol–water partition coefficient (Wildman–Crippen LogP) is 5.11. The van der Waals surface area contributed by atoms with Gasteiger partial charge in [-0.1, -0.05) is 59.6 Å². The Kier molecular flexibility index (Phi) is 7.18. The van der Waals surface area contributed by atoms with E-state index in [2.05, 4.69) is 15.8 Å². The van der Waals surface area contributed by atoms with Gasteiger partial charge in [0, 0.05) is 16.3 Å². The molecule has 35 heavy (non-hydrogen) atoms. The number of esters is 1. The maximum atomic E-state index is 12.7. The van der Waals surface area contributed by atoms with Crippen LogP contribution in [0.3, 0.4) is 0 Å². The molecule has 8 heteroatoms. The Morgan fingerprint density at radius 3 is 2.31 bits per heavy atom. The van der Waals surface area contributed by atoms with E-state index in [1.807, 2.05) is 49.4 Å². The Balaban J connectivity index is 1.53. The van der Waals surface area contributed by atoms with Gasteiger partial charge in [-0.3, -0.25) is 9.59 Å². The van der Waals surface area contributed by atoms with Gasteiger partial charge in [0.1, 0.15) is 5.75 Å². The zero-order chi connectivity index (χ0) is 24.8. The first kappa shape index (κ1) is 23.7. The van der Waals surface area contributed by atoms with Crippen LogP contribution >= 0.6 is 11.6 Å². The molecular weight excluding hydrogens is 466 g/mol. The molecule has 0 aliphatic carbocycles. The van der Waals surface area contributed by atoms with E-state index < -0.39 is 17.8 Å². The quantitative estimate of drug-likeness (QED) is 0.135. The molecule has 0 aromatic heterocycles. The van der Waals surface area contributed by atoms with Crippen molar-refractivity contribution in [2.45, 2.75) is 6.92 Å². The van der Waals surface area contributed by atoms with E-state index in [4.69, 9.17) is 16.3 Å². The van der Waals surface area contributed by atoms with Crippen LogP contribution in [0.25, 0.3) is 10.8 Å². The van der Waals surface area contributed by atoms with Crippen LogP contribution in [0, 0.1) is 6.92 Å². The first-order valence-corrected chi connectivity index (χ1v) is 11.0. The molecule has 0 fully saturated rings. The number of hydrogen-bond donors (Lipinski definition) is 2. The summed E-state index contributed by atoms with van der Waals surface area (Å²) in [5, 5.41) is 8.52. The van der Waals surface area contributed by atoms with Crippen molar-refractivity contribution < 1.29 is 19.1 Å². The average Bonchev–Trinajstić information content (AvgIpc) is 2.86. The number of amides is 2. The third-order valence-corrected chi connectivity index (χ3v) is 5.34. The van der Waals surface area contributed by atoms with Crippen molar-refractivity contribution in [1.82, 2.24) is 5.43 Å². The molecule has 2 amide bonds. The number of hydrogen-bond acceptors (Lipinski definition) is 5. The largest absolute Gasteiger partial charge is 0.422 e. The number of carbonyl (C=O) groups is 3. The van der Waals surface area contributed by atoms with E-state index in [1.54, 1.807) is 42.5 Å². The zero-order valence-electron chi connectivity index (χ0n) is 18.6. The van der Waals surface area contributed by atoms with Gasteiger partial charge in [-0.2, -0.15) is 5.10 Å². The molecule has 7 nitrogen and oxygen atoms in total. The van der Waals surface area contributed by atoms with Gasteiger partial charge in [-0.15, -0.1) is 0 Å². The van der Waals surface area contributed by atoms with E-state index >= 15 is 0 Å². The highest BCUT2D eigenvalue weighted by atomic mass is 35.5. The van der Waals surface area contributed by atoms with Gasteiger partial charge >= 0.3 is 17.8 Å². The second-order valence-electron chi connectivity index (χ2n) is 7.61. The molecule has 0 unspecified atom stereocenters. The lowest BCUT2D eigenvalue weighted by Crippen LogP contribution is -2.32. The molecule has 4 aromatic carbocycles. The van der Waals surface area contributed by atoms with Crippen LogP contribution in [0.2, 0.25) is 5.02 Å². The fourth-order valence-corrected chi connectivity index (χ4v) is 3.40. The molecule has 0 saturated heterocycles. The number of ether oxygens (including phenoxy) is 1. The Bertz CT molecular complexity index is 1430. The van der Waals surface area contributed by atoms with Crippen LogP contribution in [-0.2, 0) is 9.59 Å². The summed E-state index contributed by atoms with van der Waals surface area (Å²) in [7, 11) is 0. The van der Waals surface area contributed by atoms with Crippen molar-refractivity contribution in [1.29, 1.82) is 0 Å². The standard InChI is InChI=1S/C27H20ClN3O4/c1-17-6-8-19(9-7-17)27(34)35-24-15-10-18-4-2-3-5-22(18)23(24)16-29-31-26(33)25(32)30-21-13-11-20(28)12-14-21/h2-16H,1H3,(H,30,32)(H,31,33). The lowest BCUT2D eigenvalue weighted by molar-refractivity contribution is -0.136. The molecule has 0 aliphatic heterocycles. The third-order valence-electron chi connectivity index (χ3n) is 5.09. The van der Waals surface area contributed by atoms with Crippen molar-refractivity contribution in [2.75, 3.05) is 5.32 Å². The second-order valence-corrected chi connectivity index (χ2v) is 8.05. The Morgan fingerprint density at radius 2 is 1.57 bits per heavy atom. The summed E-state index contributed by atoms with van der Waals surface area (Å²) in [6.45, 7) is 1.93. The van der Waals surface area contributed by atoms with Gasteiger partial charge < -0.3 is 10.1 Å². The number of halogens is 1. The van der Waals surface area contributed by atoms with Crippen molar-refractivity contribution in [3.63, 3.8) is 0 Å². The number of anilines is 1. The number of rotatable bonds is 5. The molecule has 0 atom stereocenters. The minimum Gasteiger partial charge on any atom is -0.422 e. The molecule has 0 spiro atoms. The molecule has 0 radical (unpaired) electrons. The van der Waals surface area contributed by atoms with E-state index in [-0.39, 0.29) is 5.75 Å². The van der Waals surface area contributed by atoms with Gasteiger partial charge in [0.2, 0.25) is 0 Å². The molecule has 2 N–H and O–H groups in total. The number of carbonyl (C=O) groups excluding carboxylic acids is 3. The summed E-state index contributed by atoms with van der Waals surface area (Å²) in [5.41, 5.74) is 4.51. The number of aryl methyl sites for hydroxylation is 1. The topological polar surface area (TPSA) is 96.9 Å². The van der Waals surface area contributed by atoms with Crippen LogP contribution in [-0.4, -0.2) is 24.0 Å². The third kappa shape index (κ3) is 5.90. The Hall–Kier alpha value is -4.49. The summed E-state index contributed by atoms with van der Waals surface area (Å²) < 4.78 is 5.64. The summed E-state index contributed by atoms with van der Waals surface area (Å²) in [5.74, 6) is -2.12. The van der Waals surface area contributed by atoms with Crippen LogP contribution in [0.4, 0.5) is 5.69 Å². The number of benzene rings is 4. The van der Waals surface area contributed by atoms with E-state index in [0.717, 1.165) is 16.3 Å². The second kappa shape index (κ2) is 10.6. The minimum absolute atomic E-state index is 0.262. The highest BCUT2D eigenvalue weighted by Gasteiger charge is 2.15. The fourth-order valence-electron chi connectivity index (χ4n) is 3.27. The zero-order valence-corrected chi connectivity index (χ0v) is 19.4. The van der Waals surface area contributed by atoms with E-state index in [0.29, 0.717) is 21.8 Å². The molecular formula is C27H20ClN3O4. The average molecular weight is 486 g/mol. The predicted molar refractivity (Wildman–Crippen MR) is 136 cm³/mol. The molecule has 0 saturated carbocycles. The molecule has 4 aromatic rings. The molecule has 4 rings (SSSR count). The van der Waals surface area contributed by atoms with Gasteiger partial charge in [-0.05, 0) is 60.2 Å². The number of nitrogens with one attached hydrogen (secondary N) is 2. The van der Waals surface area contributed by atoms with Crippen LogP contribution in [0.1, 0.15) is 21.5 Å². The van der Waals surface area contributed by atoms with Crippen LogP contribution in [0.15, 0.2) is 90.0 Å². The normalized spacial score (nSPS) is 10.8. The summed E-state index contributed by atoms with van der Waals surface area (Å²) in [6, 6.07) is 24.3. The smallest absolute Gasteiger partial charge is 0.343 e. The summed E-state index contributed by atoms with van der Waals surface area (Å²) in [4.78, 5) is 37.0. The molecule has 0 aliphatic rings. The van der Waals surface area contributed by atoms with Crippen molar-refractivity contribution >= 4 is 52.1 Å². The Labute approximate surface area is 206 Å². The monoisotopic (exact) mass is 485 g/mol. The molecule has 0 bridgehead atoms. The van der Waals surface area contributed by atoms with Gasteiger partial charge in [0.25, 0.3) is 0 Å². The van der Waals surface area contributed by atoms with Crippen molar-refractivity contribution in [2.24, 2.45) is 5.10 Å². The van der Waals surface area contributed by atoms with Gasteiger partial charge in [-0.25, -0.2) is 10.2 Å². The molecule has 0 heterocycles. The van der Waals surface area contributed by atoms with Crippen LogP contribution < -0.4 is 15.5 Å². The highest BCUT2D eigenvalue weighted by Crippen LogP contribution is 2.27. The van der Waals surface area contributed by atoms with E-state index in [9.17, 15) is 14.4 Å². The lowest BCUT2D eigenvalue weighted by atomic mass is 10.0. The minimum atomic E-state index is -0.963. The van der Waals surface area contributed by atoms with Crippen molar-refractivity contribution in [3.8, 4) is 5.75 Å². The summed E-state index contributed by atoms with van der Waals surface area (Å²) in [6.07, 6.45) is 1.34. The first-order chi connectivity index (χ1) is 16.9. The summed E-state index contributed by atoms with van der Waals surface area (Å²) >= 11 is 5.82. The lowest BCUT2D eigenvalue weighted by Gasteiger charge is -2.11. The van der Waals surface area contributed by atoms with Crippen molar-refractivity contribution in [3.05, 3.63) is 107 Å². The van der Waals surface area contributed by atoms with Gasteiger partial charge in [0.15, 0.2) is 0 Å². The number of hydrazone groups is 1. The highest BCUT2D eigenvalue weighted by molar-refractivity contribution is 6.39. The SMILES string of the molecule is Cc1ccc(C(=O)Oc2ccc3ccccc3c2C=NNC(=O)C(=O)Nc2ccc(Cl)cc2)cc1. The van der Waals surface area contributed by atoms with Gasteiger partial charge in [0.05, 0.1) is 11.8 Å². The first-order valence-electron chi connectivity index (χ1n) is 10.6. The maximum Gasteiger partial charge on any atom is 0.343 e. The van der Waals surface area contributed by atoms with Crippen LogP contribution in [0.5, 0.6) is 5.75 Å². The number of fused-ring (bicyclic) bond motifs is 1. The van der Waals surface area contributed by atoms with E-state index in [1.165, 1.54) is 6.21 Å². The molecule has 174 valence electrons. The maximum absolute atomic E-state index is 12.7.